The molecule has 0 bridgehead atoms. The Hall–Kier alpha value is -3.18. The molecule has 0 radical (unpaired) electrons. The Kier molecular flexibility index (Phi) is 4.10. The summed E-state index contributed by atoms with van der Waals surface area (Å²) in [5.41, 5.74) is 13.8. The third-order valence-electron chi connectivity index (χ3n) is 5.50. The normalized spacial score (nSPS) is 14.3. The summed E-state index contributed by atoms with van der Waals surface area (Å²) in [6, 6.07) is 14.3. The van der Waals surface area contributed by atoms with Crippen LogP contribution in [-0.2, 0) is 19.5 Å². The first kappa shape index (κ1) is 17.0. The number of anilines is 1. The minimum absolute atomic E-state index is 0.754. The lowest BCUT2D eigenvalue weighted by atomic mass is 10.0. The third-order valence-corrected chi connectivity index (χ3v) is 5.50. The van der Waals surface area contributed by atoms with Gasteiger partial charge < -0.3 is 10.7 Å². The van der Waals surface area contributed by atoms with E-state index in [1.165, 1.54) is 27.6 Å². The molecule has 3 N–H and O–H groups in total. The maximum absolute atomic E-state index is 5.78. The molecule has 5 heteroatoms. The van der Waals surface area contributed by atoms with Gasteiger partial charge in [-0.15, -0.1) is 0 Å². The zero-order valence-corrected chi connectivity index (χ0v) is 15.9. The molecule has 2 aromatic heterocycles. The number of fused-ring (bicyclic) bond motifs is 2. The average Bonchev–Trinajstić information content (AvgIpc) is 3.10. The Morgan fingerprint density at radius 3 is 2.86 bits per heavy atom. The van der Waals surface area contributed by atoms with Crippen LogP contribution in [0.3, 0.4) is 0 Å². The van der Waals surface area contributed by atoms with E-state index >= 15 is 0 Å². The quantitative estimate of drug-likeness (QED) is 0.534. The van der Waals surface area contributed by atoms with E-state index in [-0.39, 0.29) is 0 Å². The first-order valence-electron chi connectivity index (χ1n) is 9.65. The summed E-state index contributed by atoms with van der Waals surface area (Å²) in [6.45, 7) is 4.95. The van der Waals surface area contributed by atoms with E-state index < -0.39 is 0 Å². The Morgan fingerprint density at radius 1 is 1.14 bits per heavy atom. The van der Waals surface area contributed by atoms with E-state index in [0.717, 1.165) is 48.8 Å². The van der Waals surface area contributed by atoms with Gasteiger partial charge in [0.1, 0.15) is 0 Å². The van der Waals surface area contributed by atoms with Gasteiger partial charge in [0.2, 0.25) is 0 Å². The van der Waals surface area contributed by atoms with Crippen LogP contribution in [0, 0.1) is 6.92 Å². The molecule has 5 rings (SSSR count). The molecule has 5 nitrogen and oxygen atoms in total. The number of benzene rings is 2. The maximum Gasteiger partial charge on any atom is 0.159 e. The summed E-state index contributed by atoms with van der Waals surface area (Å²) in [7, 11) is 0. The maximum atomic E-state index is 5.78. The average molecular weight is 369 g/mol. The Balaban J connectivity index is 1.35. The first-order valence-corrected chi connectivity index (χ1v) is 9.65. The van der Waals surface area contributed by atoms with Gasteiger partial charge in [0.05, 0.1) is 5.69 Å². The van der Waals surface area contributed by atoms with Crippen molar-refractivity contribution in [3.63, 3.8) is 0 Å². The van der Waals surface area contributed by atoms with Crippen LogP contribution in [0.2, 0.25) is 0 Å². The predicted octanol–water partition coefficient (Wildman–Crippen LogP) is 4.07. The van der Waals surface area contributed by atoms with Gasteiger partial charge in [0.15, 0.2) is 5.82 Å². The van der Waals surface area contributed by atoms with Crippen molar-refractivity contribution in [2.24, 2.45) is 0 Å². The minimum atomic E-state index is 0.754. The number of hydrogen-bond donors (Lipinski definition) is 2. The minimum Gasteiger partial charge on any atom is -0.399 e. The molecule has 140 valence electrons. The molecular formula is C23H23N5. The van der Waals surface area contributed by atoms with Crippen molar-refractivity contribution in [1.29, 1.82) is 0 Å². The molecule has 0 spiro atoms. The van der Waals surface area contributed by atoms with Crippen LogP contribution in [0.15, 0.2) is 54.9 Å². The van der Waals surface area contributed by atoms with Gasteiger partial charge in [0.25, 0.3) is 0 Å². The summed E-state index contributed by atoms with van der Waals surface area (Å²) >= 11 is 0. The van der Waals surface area contributed by atoms with Crippen molar-refractivity contribution in [1.82, 2.24) is 19.9 Å². The highest BCUT2D eigenvalue weighted by atomic mass is 15.1. The van der Waals surface area contributed by atoms with E-state index in [9.17, 15) is 0 Å². The molecule has 0 unspecified atom stereocenters. The lowest BCUT2D eigenvalue weighted by Crippen LogP contribution is -2.30. The molecule has 4 aromatic rings. The van der Waals surface area contributed by atoms with Crippen LogP contribution < -0.4 is 5.73 Å². The Morgan fingerprint density at radius 2 is 2.00 bits per heavy atom. The van der Waals surface area contributed by atoms with Crippen molar-refractivity contribution in [3.05, 3.63) is 77.2 Å². The highest BCUT2D eigenvalue weighted by molar-refractivity contribution is 5.83. The van der Waals surface area contributed by atoms with Gasteiger partial charge >= 0.3 is 0 Å². The standard InChI is InChI=1S/C23H23N5/c1-15-2-7-20-17(11-25-22(20)10-15)13-28-9-8-21-18(14-28)12-26-23(27-21)16-3-5-19(24)6-4-16/h2-7,10-12,25H,8-9,13-14,24H2,1H3. The predicted molar refractivity (Wildman–Crippen MR) is 113 cm³/mol. The van der Waals surface area contributed by atoms with Crippen LogP contribution in [0.1, 0.15) is 22.4 Å². The SMILES string of the molecule is Cc1ccc2c(CN3CCc4nc(-c5ccc(N)cc5)ncc4C3)c[nH]c2c1. The summed E-state index contributed by atoms with van der Waals surface area (Å²) in [5, 5.41) is 1.31. The van der Waals surface area contributed by atoms with E-state index in [1.54, 1.807) is 0 Å². The van der Waals surface area contributed by atoms with Crippen molar-refractivity contribution in [2.75, 3.05) is 12.3 Å². The molecule has 0 aliphatic carbocycles. The van der Waals surface area contributed by atoms with Crippen LogP contribution in [0.5, 0.6) is 0 Å². The fraction of sp³-hybridized carbons (Fsp3) is 0.217. The smallest absolute Gasteiger partial charge is 0.159 e. The number of aromatic nitrogens is 3. The molecule has 0 amide bonds. The number of nitrogens with one attached hydrogen (secondary N) is 1. The molecule has 28 heavy (non-hydrogen) atoms. The van der Waals surface area contributed by atoms with Crippen molar-refractivity contribution in [3.8, 4) is 11.4 Å². The summed E-state index contributed by atoms with van der Waals surface area (Å²) in [5.74, 6) is 0.777. The zero-order chi connectivity index (χ0) is 19.1. The van der Waals surface area contributed by atoms with Crippen LogP contribution in [-0.4, -0.2) is 26.4 Å². The van der Waals surface area contributed by atoms with Crippen LogP contribution in [0.4, 0.5) is 5.69 Å². The van der Waals surface area contributed by atoms with Gasteiger partial charge in [-0.25, -0.2) is 9.97 Å². The number of nitrogen functional groups attached to an aromatic ring is 1. The summed E-state index contributed by atoms with van der Waals surface area (Å²) in [4.78, 5) is 15.3. The summed E-state index contributed by atoms with van der Waals surface area (Å²) in [6.07, 6.45) is 5.07. The molecular weight excluding hydrogens is 346 g/mol. The molecule has 0 atom stereocenters. The van der Waals surface area contributed by atoms with Crippen LogP contribution in [0.25, 0.3) is 22.3 Å². The fourth-order valence-corrected chi connectivity index (χ4v) is 3.95. The largest absolute Gasteiger partial charge is 0.399 e. The highest BCUT2D eigenvalue weighted by Crippen LogP contribution is 2.25. The van der Waals surface area contributed by atoms with Crippen molar-refractivity contribution in [2.45, 2.75) is 26.4 Å². The van der Waals surface area contributed by atoms with Crippen molar-refractivity contribution >= 4 is 16.6 Å². The zero-order valence-electron chi connectivity index (χ0n) is 15.9. The second kappa shape index (κ2) is 6.77. The number of nitrogens with two attached hydrogens (primary N) is 1. The number of aromatic amines is 1. The number of nitrogens with zero attached hydrogens (tertiary/aromatic N) is 3. The van der Waals surface area contributed by atoms with E-state index in [0.29, 0.717) is 0 Å². The van der Waals surface area contributed by atoms with Gasteiger partial charge in [-0.2, -0.15) is 0 Å². The second-order valence-electron chi connectivity index (χ2n) is 7.61. The monoisotopic (exact) mass is 369 g/mol. The molecule has 0 saturated carbocycles. The molecule has 2 aromatic carbocycles. The molecule has 3 heterocycles. The fourth-order valence-electron chi connectivity index (χ4n) is 3.95. The van der Waals surface area contributed by atoms with Gasteiger partial charge in [-0.1, -0.05) is 12.1 Å². The van der Waals surface area contributed by atoms with Crippen LogP contribution >= 0.6 is 0 Å². The van der Waals surface area contributed by atoms with Gasteiger partial charge in [0, 0.05) is 66.2 Å². The summed E-state index contributed by atoms with van der Waals surface area (Å²) < 4.78 is 0. The van der Waals surface area contributed by atoms with E-state index in [1.807, 2.05) is 30.5 Å². The van der Waals surface area contributed by atoms with E-state index in [4.69, 9.17) is 10.7 Å². The Bertz CT molecular complexity index is 1140. The molecule has 0 saturated heterocycles. The van der Waals surface area contributed by atoms with Crippen molar-refractivity contribution < 1.29 is 0 Å². The lowest BCUT2D eigenvalue weighted by Gasteiger charge is -2.27. The van der Waals surface area contributed by atoms with E-state index in [2.05, 4.69) is 46.2 Å². The third kappa shape index (κ3) is 3.14. The highest BCUT2D eigenvalue weighted by Gasteiger charge is 2.20. The second-order valence-corrected chi connectivity index (χ2v) is 7.61. The molecule has 0 fully saturated rings. The lowest BCUT2D eigenvalue weighted by molar-refractivity contribution is 0.244. The number of rotatable bonds is 3. The molecule has 1 aliphatic heterocycles. The number of hydrogen-bond acceptors (Lipinski definition) is 4. The number of aryl methyl sites for hydroxylation is 1. The number of H-pyrrole nitrogens is 1. The molecule has 1 aliphatic rings. The van der Waals surface area contributed by atoms with Gasteiger partial charge in [-0.3, -0.25) is 4.90 Å². The van der Waals surface area contributed by atoms with Gasteiger partial charge in [-0.05, 0) is 48.4 Å². The Labute approximate surface area is 164 Å². The topological polar surface area (TPSA) is 70.8 Å². The first-order chi connectivity index (χ1) is 13.7.